The number of esters is 1. The fraction of sp³-hybridized carbons (Fsp3) is 0.708. The molecule has 0 spiro atoms. The van der Waals surface area contributed by atoms with Crippen molar-refractivity contribution in [3.63, 3.8) is 0 Å². The smallest absolute Gasteiger partial charge is 0.306 e. The normalized spacial score (nSPS) is 17.2. The van der Waals surface area contributed by atoms with Gasteiger partial charge in [-0.1, -0.05) is 6.07 Å². The molecule has 6 nitrogen and oxygen atoms in total. The molecule has 30 heavy (non-hydrogen) atoms. The second-order valence-electron chi connectivity index (χ2n) is 9.64. The summed E-state index contributed by atoms with van der Waals surface area (Å²) in [7, 11) is 0. The van der Waals surface area contributed by atoms with Gasteiger partial charge in [-0.15, -0.1) is 0 Å². The number of aromatic nitrogens is 1. The highest BCUT2D eigenvalue weighted by molar-refractivity contribution is 5.76. The molecule has 0 unspecified atom stereocenters. The van der Waals surface area contributed by atoms with Crippen LogP contribution in [0.15, 0.2) is 12.1 Å². The molecule has 0 saturated carbocycles. The van der Waals surface area contributed by atoms with Gasteiger partial charge in [0.05, 0.1) is 0 Å². The maximum atomic E-state index is 12.6. The summed E-state index contributed by atoms with van der Waals surface area (Å²) < 4.78 is 5.37. The van der Waals surface area contributed by atoms with Crippen molar-refractivity contribution in [3.8, 4) is 0 Å². The summed E-state index contributed by atoms with van der Waals surface area (Å²) in [6.45, 7) is 8.34. The van der Waals surface area contributed by atoms with Gasteiger partial charge in [0, 0.05) is 38.2 Å². The van der Waals surface area contributed by atoms with E-state index in [0.29, 0.717) is 25.2 Å². The number of carbonyl (C=O) groups excluding carboxylic acids is 2. The average molecular weight is 416 g/mol. The van der Waals surface area contributed by atoms with Crippen molar-refractivity contribution in [1.29, 1.82) is 0 Å². The highest BCUT2D eigenvalue weighted by Gasteiger charge is 2.23. The maximum Gasteiger partial charge on any atom is 0.306 e. The van der Waals surface area contributed by atoms with E-state index >= 15 is 0 Å². The largest absolute Gasteiger partial charge is 0.460 e. The molecule has 1 saturated heterocycles. The van der Waals surface area contributed by atoms with Crippen molar-refractivity contribution >= 4 is 17.7 Å². The predicted octanol–water partition coefficient (Wildman–Crippen LogP) is 4.12. The lowest BCUT2D eigenvalue weighted by atomic mass is 9.91. The van der Waals surface area contributed by atoms with Crippen LogP contribution in [0.25, 0.3) is 0 Å². The molecule has 6 heteroatoms. The zero-order valence-corrected chi connectivity index (χ0v) is 18.8. The third kappa shape index (κ3) is 6.99. The van der Waals surface area contributed by atoms with Crippen LogP contribution in [-0.4, -0.2) is 47.0 Å². The van der Waals surface area contributed by atoms with Crippen molar-refractivity contribution < 1.29 is 14.3 Å². The van der Waals surface area contributed by atoms with Crippen LogP contribution >= 0.6 is 0 Å². The highest BCUT2D eigenvalue weighted by Crippen LogP contribution is 2.24. The molecule has 2 aliphatic rings. The van der Waals surface area contributed by atoms with Crippen LogP contribution in [0.4, 0.5) is 5.82 Å². The summed E-state index contributed by atoms with van der Waals surface area (Å²) in [5.74, 6) is 1.72. The molecule has 0 atom stereocenters. The Labute approximate surface area is 180 Å². The molecule has 0 radical (unpaired) electrons. The SMILES string of the molecule is CC(C)(C)OC(=O)CCCC1CCN(C(=O)CCc2ccc3c(n2)NCCC3)CC1. The van der Waals surface area contributed by atoms with Gasteiger partial charge in [-0.05, 0) is 83.3 Å². The highest BCUT2D eigenvalue weighted by atomic mass is 16.6. The Hall–Kier alpha value is -2.11. The van der Waals surface area contributed by atoms with Crippen LogP contribution in [-0.2, 0) is 27.2 Å². The molecular formula is C24H37N3O3. The summed E-state index contributed by atoms with van der Waals surface area (Å²) >= 11 is 0. The van der Waals surface area contributed by atoms with Gasteiger partial charge in [0.15, 0.2) is 0 Å². The van der Waals surface area contributed by atoms with E-state index in [1.165, 1.54) is 5.56 Å². The first-order chi connectivity index (χ1) is 14.3. The summed E-state index contributed by atoms with van der Waals surface area (Å²) in [6, 6.07) is 4.22. The van der Waals surface area contributed by atoms with Crippen molar-refractivity contribution in [3.05, 3.63) is 23.4 Å². The molecular weight excluding hydrogens is 378 g/mol. The van der Waals surface area contributed by atoms with Gasteiger partial charge in [-0.3, -0.25) is 9.59 Å². The Kier molecular flexibility index (Phi) is 7.73. The van der Waals surface area contributed by atoms with E-state index in [2.05, 4.69) is 17.4 Å². The lowest BCUT2D eigenvalue weighted by molar-refractivity contribution is -0.155. The molecule has 1 fully saturated rings. The molecule has 1 N–H and O–H groups in total. The number of ether oxygens (including phenoxy) is 1. The number of piperidine rings is 1. The number of nitrogens with zero attached hydrogens (tertiary/aromatic N) is 2. The van der Waals surface area contributed by atoms with Gasteiger partial charge >= 0.3 is 5.97 Å². The molecule has 1 amide bonds. The number of carbonyl (C=O) groups is 2. The van der Waals surface area contributed by atoms with Crippen molar-refractivity contribution in [2.45, 2.75) is 84.2 Å². The summed E-state index contributed by atoms with van der Waals surface area (Å²) in [4.78, 5) is 31.1. The minimum absolute atomic E-state index is 0.110. The van der Waals surface area contributed by atoms with E-state index < -0.39 is 5.60 Å². The number of anilines is 1. The molecule has 166 valence electrons. The maximum absolute atomic E-state index is 12.6. The van der Waals surface area contributed by atoms with E-state index in [4.69, 9.17) is 9.72 Å². The third-order valence-electron chi connectivity index (χ3n) is 5.93. The first-order valence-corrected chi connectivity index (χ1v) is 11.5. The molecule has 1 aromatic heterocycles. The molecule has 0 bridgehead atoms. The monoisotopic (exact) mass is 415 g/mol. The zero-order valence-electron chi connectivity index (χ0n) is 18.8. The van der Waals surface area contributed by atoms with Crippen molar-refractivity contribution in [2.75, 3.05) is 25.0 Å². The Morgan fingerprint density at radius 3 is 2.70 bits per heavy atom. The number of likely N-dealkylation sites (tertiary alicyclic amines) is 1. The van der Waals surface area contributed by atoms with Gasteiger partial charge in [-0.2, -0.15) is 0 Å². The quantitative estimate of drug-likeness (QED) is 0.678. The summed E-state index contributed by atoms with van der Waals surface area (Å²) in [5, 5.41) is 3.36. The number of pyridine rings is 1. The predicted molar refractivity (Wildman–Crippen MR) is 118 cm³/mol. The van der Waals surface area contributed by atoms with E-state index in [0.717, 1.165) is 69.7 Å². The minimum Gasteiger partial charge on any atom is -0.460 e. The first-order valence-electron chi connectivity index (χ1n) is 11.5. The standard InChI is InChI=1S/C24H37N3O3/c1-24(2,3)30-22(29)8-4-6-18-13-16-27(17-14-18)21(28)12-11-20-10-9-19-7-5-15-25-23(19)26-20/h9-10,18H,4-8,11-17H2,1-3H3,(H,25,26). The van der Waals surface area contributed by atoms with Gasteiger partial charge in [0.2, 0.25) is 5.91 Å². The number of hydrogen-bond acceptors (Lipinski definition) is 5. The second-order valence-corrected chi connectivity index (χ2v) is 9.64. The fourth-order valence-electron chi connectivity index (χ4n) is 4.30. The van der Waals surface area contributed by atoms with Gasteiger partial charge in [0.25, 0.3) is 0 Å². The Morgan fingerprint density at radius 2 is 1.97 bits per heavy atom. The first kappa shape index (κ1) is 22.6. The number of fused-ring (bicyclic) bond motifs is 1. The number of amides is 1. The van der Waals surface area contributed by atoms with Gasteiger partial charge in [0.1, 0.15) is 11.4 Å². The zero-order chi connectivity index (χ0) is 21.6. The molecule has 3 heterocycles. The van der Waals surface area contributed by atoms with Gasteiger partial charge < -0.3 is 15.0 Å². The van der Waals surface area contributed by atoms with Crippen LogP contribution in [0, 0.1) is 5.92 Å². The minimum atomic E-state index is -0.409. The number of hydrogen-bond donors (Lipinski definition) is 1. The van der Waals surface area contributed by atoms with Crippen LogP contribution in [0.5, 0.6) is 0 Å². The van der Waals surface area contributed by atoms with Gasteiger partial charge in [-0.25, -0.2) is 4.98 Å². The topological polar surface area (TPSA) is 71.5 Å². The third-order valence-corrected chi connectivity index (χ3v) is 5.93. The molecule has 0 aliphatic carbocycles. The van der Waals surface area contributed by atoms with E-state index in [1.807, 2.05) is 25.7 Å². The lowest BCUT2D eigenvalue weighted by Gasteiger charge is -2.32. The Bertz CT molecular complexity index is 734. The van der Waals surface area contributed by atoms with Crippen LogP contribution in [0.1, 0.15) is 77.0 Å². The van der Waals surface area contributed by atoms with Crippen molar-refractivity contribution in [1.82, 2.24) is 9.88 Å². The van der Waals surface area contributed by atoms with E-state index in [-0.39, 0.29) is 11.9 Å². The molecule has 2 aliphatic heterocycles. The molecule has 0 aromatic carbocycles. The fourth-order valence-corrected chi connectivity index (χ4v) is 4.30. The lowest BCUT2D eigenvalue weighted by Crippen LogP contribution is -2.38. The molecule has 3 rings (SSSR count). The second kappa shape index (κ2) is 10.3. The van der Waals surface area contributed by atoms with Crippen molar-refractivity contribution in [2.24, 2.45) is 5.92 Å². The number of rotatable bonds is 7. The number of nitrogens with one attached hydrogen (secondary N) is 1. The Morgan fingerprint density at radius 1 is 1.20 bits per heavy atom. The van der Waals surface area contributed by atoms with E-state index in [1.54, 1.807) is 0 Å². The van der Waals surface area contributed by atoms with Crippen LogP contribution < -0.4 is 5.32 Å². The van der Waals surface area contributed by atoms with Crippen LogP contribution in [0.2, 0.25) is 0 Å². The number of aryl methyl sites for hydroxylation is 2. The summed E-state index contributed by atoms with van der Waals surface area (Å²) in [5.41, 5.74) is 1.87. The summed E-state index contributed by atoms with van der Waals surface area (Å²) in [6.07, 6.45) is 7.91. The molecule has 1 aromatic rings. The van der Waals surface area contributed by atoms with E-state index in [9.17, 15) is 9.59 Å². The Balaban J connectivity index is 1.34. The van der Waals surface area contributed by atoms with Crippen LogP contribution in [0.3, 0.4) is 0 Å². The average Bonchev–Trinajstić information content (AvgIpc) is 2.71.